The molecule has 0 bridgehead atoms. The molecule has 0 aromatic heterocycles. The Bertz CT molecular complexity index is 802. The summed E-state index contributed by atoms with van der Waals surface area (Å²) in [5, 5.41) is 13.1. The van der Waals surface area contributed by atoms with Gasteiger partial charge in [0, 0.05) is 12.1 Å². The number of nitro groups is 1. The summed E-state index contributed by atoms with van der Waals surface area (Å²) in [5.41, 5.74) is -0.885. The molecule has 2 rings (SSSR count). The molecule has 2 aromatic carbocycles. The van der Waals surface area contributed by atoms with Gasteiger partial charge in [-0.1, -0.05) is 38.1 Å². The van der Waals surface area contributed by atoms with Crippen LogP contribution in [0, 0.1) is 16.0 Å². The molecule has 1 N–H and O–H groups in total. The molecule has 0 aliphatic heterocycles. The zero-order valence-electron chi connectivity index (χ0n) is 14.1. The third kappa shape index (κ3) is 4.38. The minimum atomic E-state index is -4.59. The van der Waals surface area contributed by atoms with E-state index in [0.717, 1.165) is 6.07 Å². The second-order valence-corrected chi connectivity index (χ2v) is 6.10. The van der Waals surface area contributed by atoms with Gasteiger partial charge in [-0.05, 0) is 23.6 Å². The molecule has 8 heteroatoms. The summed E-state index contributed by atoms with van der Waals surface area (Å²) in [5.74, 6) is -1.59. The molecule has 5 nitrogen and oxygen atoms in total. The maximum absolute atomic E-state index is 13.1. The van der Waals surface area contributed by atoms with E-state index in [1.165, 1.54) is 42.5 Å². The summed E-state index contributed by atoms with van der Waals surface area (Å²) >= 11 is 0. The van der Waals surface area contributed by atoms with Crippen LogP contribution in [0.25, 0.3) is 0 Å². The third-order valence-electron chi connectivity index (χ3n) is 3.90. The highest BCUT2D eigenvalue weighted by molar-refractivity contribution is 5.96. The molecule has 0 fully saturated rings. The monoisotopic (exact) mass is 366 g/mol. The van der Waals surface area contributed by atoms with E-state index in [2.05, 4.69) is 5.32 Å². The number of hydrogen-bond acceptors (Lipinski definition) is 3. The van der Waals surface area contributed by atoms with Crippen molar-refractivity contribution in [2.24, 2.45) is 5.92 Å². The van der Waals surface area contributed by atoms with E-state index in [-0.39, 0.29) is 17.3 Å². The fraction of sp³-hybridized carbons (Fsp3) is 0.278. The average Bonchev–Trinajstić information content (AvgIpc) is 2.54. The first-order valence-electron chi connectivity index (χ1n) is 7.82. The molecule has 0 saturated carbocycles. The molecule has 0 saturated heterocycles. The number of non-ortho nitro benzene ring substituents is 1. The van der Waals surface area contributed by atoms with Crippen LogP contribution in [0.5, 0.6) is 0 Å². The lowest BCUT2D eigenvalue weighted by molar-refractivity contribution is -0.384. The normalized spacial score (nSPS) is 12.7. The van der Waals surface area contributed by atoms with Crippen molar-refractivity contribution < 1.29 is 22.9 Å². The van der Waals surface area contributed by atoms with Crippen LogP contribution in [0.3, 0.4) is 0 Å². The zero-order chi connectivity index (χ0) is 19.5. The van der Waals surface area contributed by atoms with Crippen LogP contribution in [-0.4, -0.2) is 10.8 Å². The van der Waals surface area contributed by atoms with E-state index < -0.39 is 28.5 Å². The van der Waals surface area contributed by atoms with Crippen LogP contribution in [0.4, 0.5) is 24.5 Å². The minimum Gasteiger partial charge on any atom is -0.325 e. The lowest BCUT2D eigenvalue weighted by Crippen LogP contribution is -2.26. The molecule has 1 atom stereocenters. The molecule has 1 unspecified atom stereocenters. The maximum Gasteiger partial charge on any atom is 0.418 e. The van der Waals surface area contributed by atoms with E-state index in [4.69, 9.17) is 0 Å². The Kier molecular flexibility index (Phi) is 5.64. The number of nitro benzene ring substituents is 1. The van der Waals surface area contributed by atoms with E-state index in [1.807, 2.05) is 0 Å². The van der Waals surface area contributed by atoms with Gasteiger partial charge >= 0.3 is 6.18 Å². The standard InChI is InChI=1S/C18H17F3N2O3/c1-11(2)16(12-7-9-13(10-8-12)23(25)26)17(24)22-15-6-4-3-5-14(15)18(19,20)21/h3-11,16H,1-2H3,(H,22,24). The van der Waals surface area contributed by atoms with Crippen molar-refractivity contribution >= 4 is 17.3 Å². The number of carbonyl (C=O) groups is 1. The molecule has 0 spiro atoms. The molecule has 0 aliphatic rings. The molecular formula is C18H17F3N2O3. The predicted molar refractivity (Wildman–Crippen MR) is 90.7 cm³/mol. The highest BCUT2D eigenvalue weighted by atomic mass is 19.4. The van der Waals surface area contributed by atoms with Crippen molar-refractivity contribution in [1.29, 1.82) is 0 Å². The van der Waals surface area contributed by atoms with Crippen molar-refractivity contribution in [3.8, 4) is 0 Å². The number of para-hydroxylation sites is 1. The Morgan fingerprint density at radius 3 is 2.15 bits per heavy atom. The van der Waals surface area contributed by atoms with Gasteiger partial charge in [-0.2, -0.15) is 13.2 Å². The molecule has 138 valence electrons. The van der Waals surface area contributed by atoms with Crippen LogP contribution in [0.15, 0.2) is 48.5 Å². The number of alkyl halides is 3. The third-order valence-corrected chi connectivity index (χ3v) is 3.90. The van der Waals surface area contributed by atoms with E-state index in [0.29, 0.717) is 5.56 Å². The second kappa shape index (κ2) is 7.55. The Hall–Kier alpha value is -2.90. The fourth-order valence-corrected chi connectivity index (χ4v) is 2.69. The number of halogens is 3. The van der Waals surface area contributed by atoms with Crippen molar-refractivity contribution in [3.05, 3.63) is 69.8 Å². The van der Waals surface area contributed by atoms with Crippen LogP contribution >= 0.6 is 0 Å². The summed E-state index contributed by atoms with van der Waals surface area (Å²) in [7, 11) is 0. The zero-order valence-corrected chi connectivity index (χ0v) is 14.1. The number of anilines is 1. The summed E-state index contributed by atoms with van der Waals surface area (Å²) in [6, 6.07) is 10.1. The Balaban J connectivity index is 2.32. The van der Waals surface area contributed by atoms with Crippen LogP contribution in [0.1, 0.15) is 30.9 Å². The van der Waals surface area contributed by atoms with Gasteiger partial charge in [0.15, 0.2) is 0 Å². The summed E-state index contributed by atoms with van der Waals surface area (Å²) in [6.07, 6.45) is -4.59. The largest absolute Gasteiger partial charge is 0.418 e. The Morgan fingerprint density at radius 1 is 1.08 bits per heavy atom. The fourth-order valence-electron chi connectivity index (χ4n) is 2.69. The van der Waals surface area contributed by atoms with Crippen molar-refractivity contribution in [3.63, 3.8) is 0 Å². The number of amides is 1. The van der Waals surface area contributed by atoms with E-state index in [1.54, 1.807) is 13.8 Å². The first-order valence-corrected chi connectivity index (χ1v) is 7.82. The number of hydrogen-bond donors (Lipinski definition) is 1. The van der Waals surface area contributed by atoms with Crippen molar-refractivity contribution in [2.45, 2.75) is 25.9 Å². The Labute approximate surface area is 148 Å². The number of nitrogens with one attached hydrogen (secondary N) is 1. The topological polar surface area (TPSA) is 72.2 Å². The Morgan fingerprint density at radius 2 is 1.65 bits per heavy atom. The number of benzene rings is 2. The number of nitrogens with zero attached hydrogens (tertiary/aromatic N) is 1. The van der Waals surface area contributed by atoms with Gasteiger partial charge in [0.25, 0.3) is 5.69 Å². The average molecular weight is 366 g/mol. The lowest BCUT2D eigenvalue weighted by atomic mass is 9.87. The SMILES string of the molecule is CC(C)C(C(=O)Nc1ccccc1C(F)(F)F)c1ccc([N+](=O)[O-])cc1. The summed E-state index contributed by atoms with van der Waals surface area (Å²) < 4.78 is 39.3. The smallest absolute Gasteiger partial charge is 0.325 e. The van der Waals surface area contributed by atoms with Crippen LogP contribution in [0.2, 0.25) is 0 Å². The summed E-state index contributed by atoms with van der Waals surface area (Å²) in [6.45, 7) is 3.50. The first-order chi connectivity index (χ1) is 12.1. The number of rotatable bonds is 5. The quantitative estimate of drug-likeness (QED) is 0.598. The first kappa shape index (κ1) is 19.4. The van der Waals surface area contributed by atoms with Gasteiger partial charge in [0.1, 0.15) is 0 Å². The van der Waals surface area contributed by atoms with E-state index >= 15 is 0 Å². The molecule has 0 radical (unpaired) electrons. The van der Waals surface area contributed by atoms with Gasteiger partial charge in [-0.3, -0.25) is 14.9 Å². The van der Waals surface area contributed by atoms with Crippen LogP contribution in [-0.2, 0) is 11.0 Å². The second-order valence-electron chi connectivity index (χ2n) is 6.10. The van der Waals surface area contributed by atoms with Gasteiger partial charge in [-0.15, -0.1) is 0 Å². The molecule has 0 aliphatic carbocycles. The minimum absolute atomic E-state index is 0.126. The molecule has 26 heavy (non-hydrogen) atoms. The highest BCUT2D eigenvalue weighted by Gasteiger charge is 2.34. The molecule has 0 heterocycles. The van der Waals surface area contributed by atoms with E-state index in [9.17, 15) is 28.1 Å². The molecule has 2 aromatic rings. The highest BCUT2D eigenvalue weighted by Crippen LogP contribution is 2.35. The van der Waals surface area contributed by atoms with Gasteiger partial charge in [0.05, 0.1) is 22.1 Å². The maximum atomic E-state index is 13.1. The lowest BCUT2D eigenvalue weighted by Gasteiger charge is -2.22. The predicted octanol–water partition coefficient (Wildman–Crippen LogP) is 4.99. The van der Waals surface area contributed by atoms with Crippen molar-refractivity contribution in [1.82, 2.24) is 0 Å². The number of carbonyl (C=O) groups excluding carboxylic acids is 1. The molecular weight excluding hydrogens is 349 g/mol. The van der Waals surface area contributed by atoms with Crippen molar-refractivity contribution in [2.75, 3.05) is 5.32 Å². The molecule has 1 amide bonds. The van der Waals surface area contributed by atoms with Gasteiger partial charge in [0.2, 0.25) is 5.91 Å². The van der Waals surface area contributed by atoms with Gasteiger partial charge < -0.3 is 5.32 Å². The summed E-state index contributed by atoms with van der Waals surface area (Å²) in [4.78, 5) is 22.8. The van der Waals surface area contributed by atoms with Gasteiger partial charge in [-0.25, -0.2) is 0 Å². The van der Waals surface area contributed by atoms with Crippen LogP contribution < -0.4 is 5.32 Å².